The molecule has 0 heterocycles. The van der Waals surface area contributed by atoms with Crippen LogP contribution in [0.15, 0.2) is 12.1 Å². The highest BCUT2D eigenvalue weighted by Crippen LogP contribution is 2.26. The number of nitrogens with two attached hydrogens (primary N) is 1. The van der Waals surface area contributed by atoms with E-state index >= 15 is 0 Å². The highest BCUT2D eigenvalue weighted by atomic mass is 79.9. The summed E-state index contributed by atoms with van der Waals surface area (Å²) >= 11 is 8.50. The first-order valence-electron chi connectivity index (χ1n) is 3.40. The van der Waals surface area contributed by atoms with E-state index in [0.717, 1.165) is 6.07 Å². The summed E-state index contributed by atoms with van der Waals surface area (Å²) in [6.07, 6.45) is 0. The molecule has 0 fully saturated rings. The maximum Gasteiger partial charge on any atom is 0.175 e. The molecule has 0 aliphatic heterocycles. The molecular weight excluding hydrogens is 260 g/mol. The van der Waals surface area contributed by atoms with Gasteiger partial charge in [-0.05, 0) is 12.1 Å². The van der Waals surface area contributed by atoms with Crippen molar-refractivity contribution >= 4 is 39.0 Å². The zero-order valence-corrected chi connectivity index (χ0v) is 8.82. The predicted molar refractivity (Wildman–Crippen MR) is 53.9 cm³/mol. The predicted octanol–water partition coefficient (Wildman–Crippen LogP) is 2.64. The van der Waals surface area contributed by atoms with Gasteiger partial charge in [-0.1, -0.05) is 27.5 Å². The van der Waals surface area contributed by atoms with E-state index in [1.807, 2.05) is 0 Å². The van der Waals surface area contributed by atoms with Gasteiger partial charge < -0.3 is 5.73 Å². The van der Waals surface area contributed by atoms with Crippen molar-refractivity contribution in [3.63, 3.8) is 0 Å². The lowest BCUT2D eigenvalue weighted by Gasteiger charge is -2.04. The number of carbonyl (C=O) groups is 1. The molecule has 0 atom stereocenters. The van der Waals surface area contributed by atoms with E-state index in [9.17, 15) is 9.18 Å². The molecule has 0 unspecified atom stereocenters. The van der Waals surface area contributed by atoms with Crippen LogP contribution in [0.2, 0.25) is 5.02 Å². The lowest BCUT2D eigenvalue weighted by molar-refractivity contribution is 0.102. The number of hydrogen-bond acceptors (Lipinski definition) is 2. The molecule has 0 aliphatic carbocycles. The van der Waals surface area contributed by atoms with Crippen LogP contribution in [0, 0.1) is 5.82 Å². The van der Waals surface area contributed by atoms with E-state index in [-0.39, 0.29) is 27.4 Å². The molecule has 0 bridgehead atoms. The number of benzene rings is 1. The fourth-order valence-corrected chi connectivity index (χ4v) is 1.35. The first kappa shape index (κ1) is 10.5. The van der Waals surface area contributed by atoms with Crippen LogP contribution >= 0.6 is 27.5 Å². The van der Waals surface area contributed by atoms with Crippen LogP contribution < -0.4 is 5.73 Å². The van der Waals surface area contributed by atoms with Gasteiger partial charge in [-0.25, -0.2) is 4.39 Å². The Labute approximate surface area is 88.0 Å². The Morgan fingerprint density at radius 1 is 1.62 bits per heavy atom. The van der Waals surface area contributed by atoms with E-state index in [1.165, 1.54) is 6.07 Å². The molecule has 0 spiro atoms. The molecular formula is C8H6BrClFNO. The van der Waals surface area contributed by atoms with Crippen molar-refractivity contribution in [2.45, 2.75) is 0 Å². The van der Waals surface area contributed by atoms with Gasteiger partial charge in [-0.2, -0.15) is 0 Å². The van der Waals surface area contributed by atoms with Gasteiger partial charge in [-0.15, -0.1) is 0 Å². The van der Waals surface area contributed by atoms with Gasteiger partial charge in [0.15, 0.2) is 5.78 Å². The summed E-state index contributed by atoms with van der Waals surface area (Å²) in [6.45, 7) is 0. The normalized spacial score (nSPS) is 10.1. The lowest BCUT2D eigenvalue weighted by atomic mass is 10.1. The van der Waals surface area contributed by atoms with Gasteiger partial charge in [-0.3, -0.25) is 4.79 Å². The molecule has 0 radical (unpaired) electrons. The Morgan fingerprint density at radius 3 is 2.77 bits per heavy atom. The SMILES string of the molecule is Nc1c(C(=O)CBr)ccc(F)c1Cl. The summed E-state index contributed by atoms with van der Waals surface area (Å²) in [7, 11) is 0. The van der Waals surface area contributed by atoms with Gasteiger partial charge in [0.2, 0.25) is 0 Å². The van der Waals surface area contributed by atoms with Crippen LogP contribution in [-0.2, 0) is 0 Å². The Morgan fingerprint density at radius 2 is 2.23 bits per heavy atom. The van der Waals surface area contributed by atoms with Gasteiger partial charge >= 0.3 is 0 Å². The number of halogens is 3. The van der Waals surface area contributed by atoms with Crippen LogP contribution in [-0.4, -0.2) is 11.1 Å². The molecule has 70 valence electrons. The molecule has 0 amide bonds. The molecule has 0 saturated heterocycles. The Bertz CT molecular complexity index is 356. The lowest BCUT2D eigenvalue weighted by Crippen LogP contribution is -2.05. The van der Waals surface area contributed by atoms with Crippen LogP contribution in [0.4, 0.5) is 10.1 Å². The number of hydrogen-bond donors (Lipinski definition) is 1. The zero-order valence-electron chi connectivity index (χ0n) is 6.48. The molecule has 0 aromatic heterocycles. The molecule has 13 heavy (non-hydrogen) atoms. The fraction of sp³-hybridized carbons (Fsp3) is 0.125. The topological polar surface area (TPSA) is 43.1 Å². The molecule has 1 rings (SSSR count). The Kier molecular flexibility index (Phi) is 3.27. The van der Waals surface area contributed by atoms with Crippen molar-refractivity contribution in [1.29, 1.82) is 0 Å². The van der Waals surface area contributed by atoms with E-state index in [0.29, 0.717) is 0 Å². The van der Waals surface area contributed by atoms with Gasteiger partial charge in [0.05, 0.1) is 16.0 Å². The minimum Gasteiger partial charge on any atom is -0.397 e. The van der Waals surface area contributed by atoms with E-state index in [2.05, 4.69) is 15.9 Å². The molecule has 0 aliphatic rings. The second-order valence-electron chi connectivity index (χ2n) is 2.38. The Balaban J connectivity index is 3.26. The summed E-state index contributed by atoms with van der Waals surface area (Å²) in [5, 5.41) is -0.0640. The third kappa shape index (κ3) is 2.00. The largest absolute Gasteiger partial charge is 0.397 e. The van der Waals surface area contributed by atoms with Crippen molar-refractivity contribution in [3.8, 4) is 0 Å². The quantitative estimate of drug-likeness (QED) is 0.508. The third-order valence-electron chi connectivity index (χ3n) is 1.55. The molecule has 1 aromatic carbocycles. The summed E-state index contributed by atoms with van der Waals surface area (Å²) in [6, 6.07) is 2.44. The van der Waals surface area contributed by atoms with Gasteiger partial charge in [0, 0.05) is 5.56 Å². The van der Waals surface area contributed by atoms with Crippen molar-refractivity contribution < 1.29 is 9.18 Å². The second-order valence-corrected chi connectivity index (χ2v) is 3.32. The standard InChI is InChI=1S/C8H6BrClFNO/c9-3-6(13)4-1-2-5(11)7(10)8(4)12/h1-2H,3,12H2. The highest BCUT2D eigenvalue weighted by molar-refractivity contribution is 9.09. The average molecular weight is 266 g/mol. The first-order chi connectivity index (χ1) is 6.07. The number of alkyl halides is 1. The van der Waals surface area contributed by atoms with Crippen LogP contribution in [0.5, 0.6) is 0 Å². The van der Waals surface area contributed by atoms with Crippen molar-refractivity contribution in [1.82, 2.24) is 0 Å². The second kappa shape index (κ2) is 4.07. The molecule has 5 heteroatoms. The summed E-state index contributed by atoms with van der Waals surface area (Å²) in [5.41, 5.74) is 5.68. The van der Waals surface area contributed by atoms with E-state index in [1.54, 1.807) is 0 Å². The van der Waals surface area contributed by atoms with E-state index < -0.39 is 5.82 Å². The average Bonchev–Trinajstić information content (AvgIpc) is 2.13. The summed E-state index contributed by atoms with van der Waals surface area (Å²) in [4.78, 5) is 11.2. The van der Waals surface area contributed by atoms with Crippen LogP contribution in [0.3, 0.4) is 0 Å². The number of anilines is 1. The minimum absolute atomic E-state index is 0.00823. The molecule has 0 saturated carbocycles. The summed E-state index contributed by atoms with van der Waals surface area (Å²) < 4.78 is 12.8. The van der Waals surface area contributed by atoms with Crippen molar-refractivity contribution in [2.75, 3.05) is 11.1 Å². The van der Waals surface area contributed by atoms with Crippen molar-refractivity contribution in [2.24, 2.45) is 0 Å². The zero-order chi connectivity index (χ0) is 10.0. The van der Waals surface area contributed by atoms with Gasteiger partial charge in [0.1, 0.15) is 5.82 Å². The molecule has 1 aromatic rings. The van der Waals surface area contributed by atoms with Gasteiger partial charge in [0.25, 0.3) is 0 Å². The fourth-order valence-electron chi connectivity index (χ4n) is 0.881. The first-order valence-corrected chi connectivity index (χ1v) is 4.90. The number of Topliss-reactive ketones (excluding diaryl/α,β-unsaturated/α-hetero) is 1. The van der Waals surface area contributed by atoms with Crippen molar-refractivity contribution in [3.05, 3.63) is 28.5 Å². The number of ketones is 1. The maximum atomic E-state index is 12.8. The Hall–Kier alpha value is -0.610. The summed E-state index contributed by atoms with van der Waals surface area (Å²) in [5.74, 6) is -0.843. The highest BCUT2D eigenvalue weighted by Gasteiger charge is 2.13. The third-order valence-corrected chi connectivity index (χ3v) is 2.45. The minimum atomic E-state index is -0.620. The maximum absolute atomic E-state index is 12.8. The monoisotopic (exact) mass is 265 g/mol. The number of rotatable bonds is 2. The number of carbonyl (C=O) groups excluding carboxylic acids is 1. The smallest absolute Gasteiger partial charge is 0.175 e. The van der Waals surface area contributed by atoms with E-state index in [4.69, 9.17) is 17.3 Å². The van der Waals surface area contributed by atoms with Crippen LogP contribution in [0.25, 0.3) is 0 Å². The number of nitrogen functional groups attached to an aromatic ring is 1. The van der Waals surface area contributed by atoms with Crippen LogP contribution in [0.1, 0.15) is 10.4 Å². The molecule has 2 N–H and O–H groups in total. The molecule has 2 nitrogen and oxygen atoms in total.